The minimum absolute atomic E-state index is 0.0383. The zero-order valence-corrected chi connectivity index (χ0v) is 22.5. The van der Waals surface area contributed by atoms with Crippen LogP contribution in [0.4, 0.5) is 10.5 Å². The van der Waals surface area contributed by atoms with Crippen molar-refractivity contribution in [3.8, 4) is 0 Å². The zero-order chi connectivity index (χ0) is 26.0. The maximum absolute atomic E-state index is 12.9. The number of carbonyl (C=O) groups is 3. The van der Waals surface area contributed by atoms with E-state index in [1.807, 2.05) is 37.8 Å². The van der Waals surface area contributed by atoms with Crippen molar-refractivity contribution in [1.29, 1.82) is 0 Å². The summed E-state index contributed by atoms with van der Waals surface area (Å²) in [6.07, 6.45) is 1.69. The number of hydrogen-bond acceptors (Lipinski definition) is 6. The van der Waals surface area contributed by atoms with Crippen LogP contribution in [-0.4, -0.2) is 108 Å². The minimum atomic E-state index is -0.468. The van der Waals surface area contributed by atoms with E-state index in [1.54, 1.807) is 22.8 Å². The molecular weight excluding hydrogens is 482 g/mol. The topological polar surface area (TPSA) is 85.4 Å². The van der Waals surface area contributed by atoms with Gasteiger partial charge in [0.25, 0.3) is 5.91 Å². The summed E-state index contributed by atoms with van der Waals surface area (Å²) < 4.78 is 5.49. The third kappa shape index (κ3) is 6.42. The molecule has 0 radical (unpaired) electrons. The normalized spacial score (nSPS) is 20.2. The van der Waals surface area contributed by atoms with Crippen molar-refractivity contribution in [1.82, 2.24) is 19.6 Å². The van der Waals surface area contributed by atoms with Crippen molar-refractivity contribution in [3.05, 3.63) is 28.8 Å². The molecule has 3 aliphatic heterocycles. The molecule has 0 bridgehead atoms. The molecule has 0 atom stereocenters. The molecule has 3 aliphatic rings. The summed E-state index contributed by atoms with van der Waals surface area (Å²) >= 11 is 6.49. The number of carbonyl (C=O) groups excluding carboxylic acids is 3. The van der Waals surface area contributed by atoms with Crippen molar-refractivity contribution < 1.29 is 19.1 Å². The summed E-state index contributed by atoms with van der Waals surface area (Å²) in [6, 6.07) is 6.32. The van der Waals surface area contributed by atoms with Crippen molar-refractivity contribution >= 4 is 35.2 Å². The Bertz CT molecular complexity index is 975. The van der Waals surface area contributed by atoms with Gasteiger partial charge in [-0.05, 0) is 51.8 Å². The third-order valence-corrected chi connectivity index (χ3v) is 7.44. The summed E-state index contributed by atoms with van der Waals surface area (Å²) in [7, 11) is 0. The van der Waals surface area contributed by atoms with Crippen LogP contribution < -0.4 is 5.32 Å². The maximum Gasteiger partial charge on any atom is 0.410 e. The lowest BCUT2D eigenvalue weighted by Gasteiger charge is -2.47. The average molecular weight is 520 g/mol. The molecule has 0 aliphatic carbocycles. The number of nitrogens with one attached hydrogen (secondary N) is 1. The van der Waals surface area contributed by atoms with Gasteiger partial charge in [0.05, 0.1) is 16.6 Å². The molecule has 36 heavy (non-hydrogen) atoms. The highest BCUT2D eigenvalue weighted by molar-refractivity contribution is 6.34. The summed E-state index contributed by atoms with van der Waals surface area (Å²) in [5, 5.41) is 3.96. The van der Waals surface area contributed by atoms with Crippen molar-refractivity contribution in [2.75, 3.05) is 57.7 Å². The van der Waals surface area contributed by atoms with Crippen LogP contribution in [0.1, 0.15) is 50.9 Å². The Morgan fingerprint density at radius 1 is 0.944 bits per heavy atom. The summed E-state index contributed by atoms with van der Waals surface area (Å²) in [5.41, 5.74) is 0.928. The van der Waals surface area contributed by atoms with Gasteiger partial charge >= 0.3 is 6.09 Å². The molecular formula is C26H38ClN5O4. The van der Waals surface area contributed by atoms with Gasteiger partial charge in [-0.1, -0.05) is 11.6 Å². The van der Waals surface area contributed by atoms with E-state index in [9.17, 15) is 14.4 Å². The van der Waals surface area contributed by atoms with Crippen LogP contribution in [0.15, 0.2) is 18.2 Å². The molecule has 3 amide bonds. The van der Waals surface area contributed by atoms with Gasteiger partial charge in [-0.25, -0.2) is 4.79 Å². The Labute approximate surface area is 218 Å². The van der Waals surface area contributed by atoms with Crippen molar-refractivity contribution in [2.45, 2.75) is 58.2 Å². The van der Waals surface area contributed by atoms with Gasteiger partial charge < -0.3 is 24.8 Å². The Morgan fingerprint density at radius 3 is 2.11 bits per heavy atom. The monoisotopic (exact) mass is 519 g/mol. The first-order chi connectivity index (χ1) is 17.0. The number of nitrogens with zero attached hydrogens (tertiary/aromatic N) is 4. The molecule has 0 aromatic heterocycles. The first kappa shape index (κ1) is 26.5. The van der Waals surface area contributed by atoms with Crippen LogP contribution in [0.5, 0.6) is 0 Å². The predicted octanol–water partition coefficient (Wildman–Crippen LogP) is 3.14. The molecule has 4 rings (SSSR count). The molecule has 0 spiro atoms. The Hall–Kier alpha value is -2.52. The number of piperidine rings is 1. The molecule has 9 nitrogen and oxygen atoms in total. The second-order valence-electron chi connectivity index (χ2n) is 11.0. The highest BCUT2D eigenvalue weighted by Gasteiger charge is 2.36. The van der Waals surface area contributed by atoms with Crippen LogP contribution in [0, 0.1) is 0 Å². The minimum Gasteiger partial charge on any atom is -0.444 e. The molecule has 0 saturated carbocycles. The predicted molar refractivity (Wildman–Crippen MR) is 139 cm³/mol. The number of piperazine rings is 1. The van der Waals surface area contributed by atoms with E-state index in [4.69, 9.17) is 16.3 Å². The van der Waals surface area contributed by atoms with E-state index in [2.05, 4.69) is 10.2 Å². The number of halogens is 1. The number of amides is 3. The Balaban J connectivity index is 1.21. The lowest BCUT2D eigenvalue weighted by molar-refractivity contribution is -0.130. The van der Waals surface area contributed by atoms with Gasteiger partial charge in [-0.3, -0.25) is 14.5 Å². The third-order valence-electron chi connectivity index (χ3n) is 7.12. The number of hydrogen-bond donors (Lipinski definition) is 1. The lowest BCUT2D eigenvalue weighted by Crippen LogP contribution is -2.60. The van der Waals surface area contributed by atoms with Crippen molar-refractivity contribution in [2.24, 2.45) is 0 Å². The fourth-order valence-corrected chi connectivity index (χ4v) is 5.31. The molecule has 3 heterocycles. The van der Waals surface area contributed by atoms with Gasteiger partial charge in [0, 0.05) is 71.0 Å². The lowest BCUT2D eigenvalue weighted by atomic mass is 9.97. The summed E-state index contributed by atoms with van der Waals surface area (Å²) in [5.74, 6) is -0.0568. The molecule has 10 heteroatoms. The molecule has 1 N–H and O–H groups in total. The smallest absolute Gasteiger partial charge is 0.410 e. The quantitative estimate of drug-likeness (QED) is 0.658. The van der Waals surface area contributed by atoms with E-state index in [-0.39, 0.29) is 17.9 Å². The maximum atomic E-state index is 12.9. The molecule has 3 saturated heterocycles. The molecule has 1 aromatic rings. The van der Waals surface area contributed by atoms with E-state index in [0.717, 1.165) is 44.7 Å². The molecule has 3 fully saturated rings. The van der Waals surface area contributed by atoms with Crippen LogP contribution in [0.2, 0.25) is 5.02 Å². The van der Waals surface area contributed by atoms with Crippen molar-refractivity contribution in [3.63, 3.8) is 0 Å². The first-order valence-electron chi connectivity index (χ1n) is 12.8. The molecule has 198 valence electrons. The second-order valence-corrected chi connectivity index (χ2v) is 11.4. The van der Waals surface area contributed by atoms with Gasteiger partial charge in [-0.15, -0.1) is 0 Å². The van der Waals surface area contributed by atoms with E-state index >= 15 is 0 Å². The number of benzene rings is 1. The van der Waals surface area contributed by atoms with Gasteiger partial charge in [-0.2, -0.15) is 0 Å². The van der Waals surface area contributed by atoms with Crippen LogP contribution in [0.3, 0.4) is 0 Å². The largest absolute Gasteiger partial charge is 0.444 e. The Morgan fingerprint density at radius 2 is 1.56 bits per heavy atom. The summed E-state index contributed by atoms with van der Waals surface area (Å²) in [4.78, 5) is 44.5. The van der Waals surface area contributed by atoms with Gasteiger partial charge in [0.15, 0.2) is 0 Å². The first-order valence-corrected chi connectivity index (χ1v) is 13.2. The van der Waals surface area contributed by atoms with E-state index in [0.29, 0.717) is 48.8 Å². The fourth-order valence-electron chi connectivity index (χ4n) is 5.05. The number of anilines is 1. The number of rotatable bonds is 4. The van der Waals surface area contributed by atoms with Crippen LogP contribution in [-0.2, 0) is 9.53 Å². The Kier molecular flexibility index (Phi) is 7.99. The zero-order valence-electron chi connectivity index (χ0n) is 21.8. The average Bonchev–Trinajstić information content (AvgIpc) is 2.80. The second kappa shape index (κ2) is 10.8. The highest BCUT2D eigenvalue weighted by atomic mass is 35.5. The highest BCUT2D eigenvalue weighted by Crippen LogP contribution is 2.27. The SMILES string of the molecule is CC(=O)N1CCN(C(=O)c2ccc(NC3CN(C4CCN(C(=O)OC(C)(C)C)CC4)C3)cc2Cl)CC1. The fraction of sp³-hybridized carbons (Fsp3) is 0.654. The molecule has 0 unspecified atom stereocenters. The standard InChI is InChI=1S/C26H38ClN5O4/c1-18(33)29-11-13-30(14-12-29)24(34)22-6-5-19(15-23(22)27)28-20-16-32(17-20)21-7-9-31(10-8-21)25(35)36-26(2,3)4/h5-6,15,20-21,28H,7-14,16-17H2,1-4H3. The number of likely N-dealkylation sites (tertiary alicyclic amines) is 2. The number of ether oxygens (including phenoxy) is 1. The van der Waals surface area contributed by atoms with Gasteiger partial charge in [0.2, 0.25) is 5.91 Å². The van der Waals surface area contributed by atoms with E-state index in [1.165, 1.54) is 0 Å². The van der Waals surface area contributed by atoms with Crippen LogP contribution >= 0.6 is 11.6 Å². The van der Waals surface area contributed by atoms with Gasteiger partial charge in [0.1, 0.15) is 5.60 Å². The molecule has 1 aromatic carbocycles. The van der Waals surface area contributed by atoms with E-state index < -0.39 is 5.60 Å². The van der Waals surface area contributed by atoms with Crippen LogP contribution in [0.25, 0.3) is 0 Å². The summed E-state index contributed by atoms with van der Waals surface area (Å²) in [6.45, 7) is 12.7.